The highest BCUT2D eigenvalue weighted by molar-refractivity contribution is 5.85. The maximum atomic E-state index is 12.2. The number of halogens is 1. The first-order valence-electron chi connectivity index (χ1n) is 6.91. The molecule has 5 heteroatoms. The molecule has 1 amide bonds. The Morgan fingerprint density at radius 3 is 2.65 bits per heavy atom. The van der Waals surface area contributed by atoms with Gasteiger partial charge in [0.15, 0.2) is 0 Å². The van der Waals surface area contributed by atoms with Gasteiger partial charge in [-0.1, -0.05) is 12.1 Å². The first kappa shape index (κ1) is 16.8. The number of likely N-dealkylation sites (N-methyl/N-ethyl adjacent to an activating group) is 1. The van der Waals surface area contributed by atoms with Gasteiger partial charge >= 0.3 is 0 Å². The lowest BCUT2D eigenvalue weighted by Gasteiger charge is -2.21. The second-order valence-electron chi connectivity index (χ2n) is 4.92. The molecule has 1 aromatic rings. The Morgan fingerprint density at radius 1 is 1.40 bits per heavy atom. The van der Waals surface area contributed by atoms with Gasteiger partial charge in [0.05, 0.1) is 12.6 Å². The van der Waals surface area contributed by atoms with E-state index in [1.807, 2.05) is 38.2 Å². The number of ether oxygens (including phenoxy) is 1. The quantitative estimate of drug-likeness (QED) is 0.906. The molecule has 1 fully saturated rings. The monoisotopic (exact) mass is 298 g/mol. The summed E-state index contributed by atoms with van der Waals surface area (Å²) < 4.78 is 5.40. The zero-order valence-corrected chi connectivity index (χ0v) is 12.9. The van der Waals surface area contributed by atoms with Gasteiger partial charge in [0.25, 0.3) is 0 Å². The summed E-state index contributed by atoms with van der Waals surface area (Å²) in [7, 11) is 1.86. The maximum absolute atomic E-state index is 12.2. The van der Waals surface area contributed by atoms with E-state index in [-0.39, 0.29) is 24.4 Å². The molecule has 1 N–H and O–H groups in total. The van der Waals surface area contributed by atoms with Crippen molar-refractivity contribution in [1.82, 2.24) is 10.2 Å². The SMILES string of the molecule is CCOc1ccc(CN(C)C(=O)C2CCCN2)cc1.Cl. The minimum Gasteiger partial charge on any atom is -0.494 e. The summed E-state index contributed by atoms with van der Waals surface area (Å²) in [5.74, 6) is 1.06. The van der Waals surface area contributed by atoms with Crippen LogP contribution in [0.2, 0.25) is 0 Å². The summed E-state index contributed by atoms with van der Waals surface area (Å²) in [6.07, 6.45) is 2.04. The van der Waals surface area contributed by atoms with Crippen molar-refractivity contribution in [2.75, 3.05) is 20.2 Å². The molecule has 4 nitrogen and oxygen atoms in total. The van der Waals surface area contributed by atoms with Crippen molar-refractivity contribution >= 4 is 18.3 Å². The molecule has 112 valence electrons. The van der Waals surface area contributed by atoms with Crippen LogP contribution in [0.5, 0.6) is 5.75 Å². The van der Waals surface area contributed by atoms with Gasteiger partial charge in [-0.25, -0.2) is 0 Å². The van der Waals surface area contributed by atoms with Gasteiger partial charge in [0.1, 0.15) is 5.75 Å². The fraction of sp³-hybridized carbons (Fsp3) is 0.533. The highest BCUT2D eigenvalue weighted by Gasteiger charge is 2.24. The molecular formula is C15H23ClN2O2. The topological polar surface area (TPSA) is 41.6 Å². The fourth-order valence-electron chi connectivity index (χ4n) is 2.37. The molecule has 0 radical (unpaired) electrons. The molecule has 0 aromatic heterocycles. The summed E-state index contributed by atoms with van der Waals surface area (Å²) in [6.45, 7) is 4.23. The number of nitrogens with one attached hydrogen (secondary N) is 1. The zero-order valence-electron chi connectivity index (χ0n) is 12.1. The number of nitrogens with zero attached hydrogens (tertiary/aromatic N) is 1. The van der Waals surface area contributed by atoms with Crippen LogP contribution in [-0.4, -0.2) is 37.0 Å². The van der Waals surface area contributed by atoms with E-state index in [1.54, 1.807) is 4.90 Å². The largest absolute Gasteiger partial charge is 0.494 e. The van der Waals surface area contributed by atoms with Crippen LogP contribution < -0.4 is 10.1 Å². The summed E-state index contributed by atoms with van der Waals surface area (Å²) in [5.41, 5.74) is 1.12. The third kappa shape index (κ3) is 4.39. The first-order chi connectivity index (χ1) is 9.20. The van der Waals surface area contributed by atoms with E-state index in [2.05, 4.69) is 5.32 Å². The van der Waals surface area contributed by atoms with Gasteiger partial charge in [-0.05, 0) is 44.0 Å². The predicted molar refractivity (Wildman–Crippen MR) is 82.4 cm³/mol. The Balaban J connectivity index is 0.00000200. The van der Waals surface area contributed by atoms with Crippen LogP contribution >= 0.6 is 12.4 Å². The number of hydrogen-bond acceptors (Lipinski definition) is 3. The summed E-state index contributed by atoms with van der Waals surface area (Å²) in [5, 5.41) is 3.24. The minimum absolute atomic E-state index is 0. The molecule has 0 saturated carbocycles. The van der Waals surface area contributed by atoms with Gasteiger partial charge in [-0.15, -0.1) is 12.4 Å². The molecule has 0 bridgehead atoms. The summed E-state index contributed by atoms with van der Waals surface area (Å²) in [4.78, 5) is 13.9. The zero-order chi connectivity index (χ0) is 13.7. The van der Waals surface area contributed by atoms with Crippen LogP contribution in [0, 0.1) is 0 Å². The third-order valence-electron chi connectivity index (χ3n) is 3.39. The van der Waals surface area contributed by atoms with Gasteiger partial charge in [-0.2, -0.15) is 0 Å². The Morgan fingerprint density at radius 2 is 2.10 bits per heavy atom. The van der Waals surface area contributed by atoms with Crippen molar-refractivity contribution < 1.29 is 9.53 Å². The molecule has 1 unspecified atom stereocenters. The third-order valence-corrected chi connectivity index (χ3v) is 3.39. The van der Waals surface area contributed by atoms with Crippen molar-refractivity contribution in [1.29, 1.82) is 0 Å². The lowest BCUT2D eigenvalue weighted by Crippen LogP contribution is -2.41. The highest BCUT2D eigenvalue weighted by Crippen LogP contribution is 2.14. The van der Waals surface area contributed by atoms with E-state index in [9.17, 15) is 4.79 Å². The van der Waals surface area contributed by atoms with E-state index in [0.717, 1.165) is 30.7 Å². The maximum Gasteiger partial charge on any atom is 0.239 e. The van der Waals surface area contributed by atoms with E-state index in [0.29, 0.717) is 13.2 Å². The Labute approximate surface area is 126 Å². The molecule has 0 spiro atoms. The van der Waals surface area contributed by atoms with Crippen LogP contribution in [0.15, 0.2) is 24.3 Å². The van der Waals surface area contributed by atoms with Gasteiger partial charge < -0.3 is 15.0 Å². The molecule has 2 rings (SSSR count). The molecule has 1 saturated heterocycles. The highest BCUT2D eigenvalue weighted by atomic mass is 35.5. The van der Waals surface area contributed by atoms with Crippen molar-refractivity contribution in [2.24, 2.45) is 0 Å². The summed E-state index contributed by atoms with van der Waals surface area (Å²) in [6, 6.07) is 7.93. The lowest BCUT2D eigenvalue weighted by atomic mass is 10.1. The van der Waals surface area contributed by atoms with Crippen molar-refractivity contribution in [3.63, 3.8) is 0 Å². The van der Waals surface area contributed by atoms with E-state index in [1.165, 1.54) is 0 Å². The van der Waals surface area contributed by atoms with E-state index < -0.39 is 0 Å². The first-order valence-corrected chi connectivity index (χ1v) is 6.91. The van der Waals surface area contributed by atoms with Gasteiger partial charge in [0, 0.05) is 13.6 Å². The van der Waals surface area contributed by atoms with Crippen LogP contribution in [0.4, 0.5) is 0 Å². The number of carbonyl (C=O) groups is 1. The molecule has 1 aromatic carbocycles. The minimum atomic E-state index is 0. The molecule has 20 heavy (non-hydrogen) atoms. The van der Waals surface area contributed by atoms with Gasteiger partial charge in [-0.3, -0.25) is 4.79 Å². The van der Waals surface area contributed by atoms with Crippen molar-refractivity contribution in [2.45, 2.75) is 32.4 Å². The number of rotatable bonds is 5. The number of amides is 1. The van der Waals surface area contributed by atoms with Crippen molar-refractivity contribution in [3.8, 4) is 5.75 Å². The smallest absolute Gasteiger partial charge is 0.239 e. The van der Waals surface area contributed by atoms with Crippen LogP contribution in [0.25, 0.3) is 0 Å². The second kappa shape index (κ2) is 8.12. The van der Waals surface area contributed by atoms with E-state index in [4.69, 9.17) is 4.74 Å². The van der Waals surface area contributed by atoms with E-state index >= 15 is 0 Å². The molecule has 1 heterocycles. The van der Waals surface area contributed by atoms with Crippen LogP contribution in [0.3, 0.4) is 0 Å². The average molecular weight is 299 g/mol. The van der Waals surface area contributed by atoms with Crippen LogP contribution in [-0.2, 0) is 11.3 Å². The normalized spacial score (nSPS) is 17.4. The molecule has 1 atom stereocenters. The standard InChI is InChI=1S/C15H22N2O2.ClH/c1-3-19-13-8-6-12(7-9-13)11-17(2)15(18)14-5-4-10-16-14;/h6-9,14,16H,3-5,10-11H2,1-2H3;1H. The second-order valence-corrected chi connectivity index (χ2v) is 4.92. The number of benzene rings is 1. The number of carbonyl (C=O) groups excluding carboxylic acids is 1. The Bertz CT molecular complexity index is 416. The Hall–Kier alpha value is -1.26. The molecule has 1 aliphatic rings. The average Bonchev–Trinajstić information content (AvgIpc) is 2.94. The number of hydrogen-bond donors (Lipinski definition) is 1. The molecule has 0 aliphatic carbocycles. The lowest BCUT2D eigenvalue weighted by molar-refractivity contribution is -0.132. The predicted octanol–water partition coefficient (Wildman–Crippen LogP) is 2.22. The Kier molecular flexibility index (Phi) is 6.82. The molecular weight excluding hydrogens is 276 g/mol. The molecule has 1 aliphatic heterocycles. The van der Waals surface area contributed by atoms with Crippen molar-refractivity contribution in [3.05, 3.63) is 29.8 Å². The summed E-state index contributed by atoms with van der Waals surface area (Å²) >= 11 is 0. The van der Waals surface area contributed by atoms with Crippen LogP contribution in [0.1, 0.15) is 25.3 Å². The fourth-order valence-corrected chi connectivity index (χ4v) is 2.37. The van der Waals surface area contributed by atoms with Gasteiger partial charge in [0.2, 0.25) is 5.91 Å².